The number of phenolic OH excluding ortho intramolecular Hbond substituents is 2. The average molecular weight is 743 g/mol. The maximum atomic E-state index is 12.0. The van der Waals surface area contributed by atoms with E-state index in [9.17, 15) is 46.3 Å². The van der Waals surface area contributed by atoms with Crippen LogP contribution in [0.1, 0.15) is 0 Å². The molecule has 0 saturated carbocycles. The number of hydrogen-bond acceptors (Lipinski definition) is 15. The second-order valence-electron chi connectivity index (χ2n) is 10.8. The molecule has 18 nitrogen and oxygen atoms in total. The Morgan fingerprint density at radius 3 is 1.90 bits per heavy atom. The third-order valence-electron chi connectivity index (χ3n) is 7.47. The normalized spacial score (nSPS) is 12.5. The zero-order valence-corrected chi connectivity index (χ0v) is 27.6. The topological polar surface area (TPSA) is 293 Å². The molecule has 0 aromatic heterocycles. The summed E-state index contributed by atoms with van der Waals surface area (Å²) >= 11 is 0. The minimum Gasteiger partial charge on any atom is -0.507 e. The summed E-state index contributed by atoms with van der Waals surface area (Å²) < 4.78 is 66.1. The molecule has 0 atom stereocenters. The first-order valence-electron chi connectivity index (χ1n) is 14.5. The molecule has 20 heteroatoms. The molecule has 0 amide bonds. The van der Waals surface area contributed by atoms with Crippen LogP contribution in [0.3, 0.4) is 0 Å². The van der Waals surface area contributed by atoms with Crippen molar-refractivity contribution in [2.45, 2.75) is 9.79 Å². The van der Waals surface area contributed by atoms with Gasteiger partial charge in [0.25, 0.3) is 25.9 Å². The molecule has 0 aliphatic carbocycles. The minimum absolute atomic E-state index is 0.00300. The predicted molar refractivity (Wildman–Crippen MR) is 187 cm³/mol. The SMILES string of the molecule is Nc1c(N=Nc2ccc(N=Nc3cccc(S(=O)(=O)O)c3)c3cc(S(=O)(=O)O)cc(O)c23)ccc2ccc(N=Nc3ccccc3[N+](=O)[O-])c(O)c12. The lowest BCUT2D eigenvalue weighted by Gasteiger charge is -2.10. The van der Waals surface area contributed by atoms with Crippen molar-refractivity contribution in [3.63, 3.8) is 0 Å². The number of nitrogen functional groups attached to an aromatic ring is 1. The third-order valence-corrected chi connectivity index (χ3v) is 9.15. The van der Waals surface area contributed by atoms with Gasteiger partial charge in [0.15, 0.2) is 11.4 Å². The number of hydrogen-bond donors (Lipinski definition) is 5. The van der Waals surface area contributed by atoms with E-state index in [2.05, 4.69) is 30.7 Å². The zero-order chi connectivity index (χ0) is 37.4. The van der Waals surface area contributed by atoms with Crippen molar-refractivity contribution in [3.05, 3.63) is 107 Å². The number of aromatic hydroxyl groups is 2. The van der Waals surface area contributed by atoms with Gasteiger partial charge in [0.2, 0.25) is 0 Å². The van der Waals surface area contributed by atoms with Crippen molar-refractivity contribution in [3.8, 4) is 11.5 Å². The van der Waals surface area contributed by atoms with Crippen LogP contribution >= 0.6 is 0 Å². The van der Waals surface area contributed by atoms with Crippen molar-refractivity contribution in [1.29, 1.82) is 0 Å². The molecule has 0 radical (unpaired) electrons. The lowest BCUT2D eigenvalue weighted by Crippen LogP contribution is -1.98. The lowest BCUT2D eigenvalue weighted by molar-refractivity contribution is -0.384. The quantitative estimate of drug-likeness (QED) is 0.0307. The van der Waals surface area contributed by atoms with Crippen molar-refractivity contribution >= 4 is 87.3 Å². The van der Waals surface area contributed by atoms with Crippen molar-refractivity contribution in [2.24, 2.45) is 30.7 Å². The van der Waals surface area contributed by atoms with Crippen molar-refractivity contribution in [2.75, 3.05) is 5.73 Å². The Bertz CT molecular complexity index is 2770. The molecule has 6 aromatic rings. The van der Waals surface area contributed by atoms with E-state index >= 15 is 0 Å². The van der Waals surface area contributed by atoms with E-state index in [0.717, 1.165) is 24.3 Å². The zero-order valence-electron chi connectivity index (χ0n) is 26.0. The highest BCUT2D eigenvalue weighted by molar-refractivity contribution is 7.86. The number of benzene rings is 6. The predicted octanol–water partition coefficient (Wildman–Crippen LogP) is 8.63. The summed E-state index contributed by atoms with van der Waals surface area (Å²) in [7, 11) is -9.36. The average Bonchev–Trinajstić information content (AvgIpc) is 3.09. The van der Waals surface area contributed by atoms with E-state index in [-0.39, 0.29) is 61.7 Å². The fraction of sp³-hybridized carbons (Fsp3) is 0. The maximum absolute atomic E-state index is 12.0. The number of azo groups is 3. The summed E-state index contributed by atoms with van der Waals surface area (Å²) in [6, 6.07) is 21.1. The van der Waals surface area contributed by atoms with Gasteiger partial charge in [0.1, 0.15) is 17.1 Å². The van der Waals surface area contributed by atoms with Gasteiger partial charge in [-0.05, 0) is 60.0 Å². The van der Waals surface area contributed by atoms with E-state index in [4.69, 9.17) is 5.73 Å². The van der Waals surface area contributed by atoms with E-state index < -0.39 is 46.4 Å². The minimum atomic E-state index is -4.82. The molecule has 0 spiro atoms. The highest BCUT2D eigenvalue weighted by Crippen LogP contribution is 2.45. The monoisotopic (exact) mass is 742 g/mol. The Balaban J connectivity index is 1.42. The summed E-state index contributed by atoms with van der Waals surface area (Å²) in [5.74, 6) is -1.03. The molecule has 0 aliphatic heterocycles. The fourth-order valence-corrected chi connectivity index (χ4v) is 6.08. The first-order valence-corrected chi connectivity index (χ1v) is 17.4. The third kappa shape index (κ3) is 7.11. The smallest absolute Gasteiger partial charge is 0.296 e. The number of para-hydroxylation sites is 1. The van der Waals surface area contributed by atoms with Crippen LogP contribution in [0.2, 0.25) is 0 Å². The number of phenols is 2. The van der Waals surface area contributed by atoms with Crippen LogP contribution in [0.4, 0.5) is 45.5 Å². The van der Waals surface area contributed by atoms with Gasteiger partial charge < -0.3 is 15.9 Å². The summed E-state index contributed by atoms with van der Waals surface area (Å²) in [6.07, 6.45) is 0. The Kier molecular flexibility index (Phi) is 9.13. The second-order valence-corrected chi connectivity index (χ2v) is 13.6. The summed E-state index contributed by atoms with van der Waals surface area (Å²) in [4.78, 5) is 9.60. The molecule has 52 heavy (non-hydrogen) atoms. The molecule has 0 aliphatic rings. The summed E-state index contributed by atoms with van der Waals surface area (Å²) in [5.41, 5.74) is 5.98. The van der Waals surface area contributed by atoms with Crippen molar-refractivity contribution in [1.82, 2.24) is 0 Å². The Labute approximate surface area is 292 Å². The maximum Gasteiger partial charge on any atom is 0.296 e. The number of nitrogens with zero attached hydrogens (tertiary/aromatic N) is 7. The van der Waals surface area contributed by atoms with Gasteiger partial charge in [-0.25, -0.2) is 0 Å². The van der Waals surface area contributed by atoms with Gasteiger partial charge >= 0.3 is 0 Å². The number of anilines is 1. The fourth-order valence-electron chi connectivity index (χ4n) is 5.03. The number of rotatable bonds is 9. The van der Waals surface area contributed by atoms with E-state index in [1.165, 1.54) is 54.6 Å². The van der Waals surface area contributed by atoms with Gasteiger partial charge in [-0.3, -0.25) is 19.2 Å². The molecule has 0 bridgehead atoms. The number of nitro benzene ring substituents is 1. The van der Waals surface area contributed by atoms with E-state index in [0.29, 0.717) is 5.39 Å². The largest absolute Gasteiger partial charge is 0.507 e. The van der Waals surface area contributed by atoms with Gasteiger partial charge in [-0.15, -0.1) is 25.6 Å². The van der Waals surface area contributed by atoms with Crippen LogP contribution < -0.4 is 5.73 Å². The van der Waals surface area contributed by atoms with Crippen LogP contribution in [-0.2, 0) is 20.2 Å². The first-order chi connectivity index (χ1) is 24.6. The van der Waals surface area contributed by atoms with Gasteiger partial charge in [-0.2, -0.15) is 21.9 Å². The van der Waals surface area contributed by atoms with Gasteiger partial charge in [0, 0.05) is 17.5 Å². The van der Waals surface area contributed by atoms with Gasteiger partial charge in [-0.1, -0.05) is 30.3 Å². The molecule has 6 aromatic carbocycles. The van der Waals surface area contributed by atoms with Gasteiger partial charge in [0.05, 0.1) is 48.2 Å². The molecule has 6 N–H and O–H groups in total. The van der Waals surface area contributed by atoms with Crippen LogP contribution in [0.5, 0.6) is 11.5 Å². The van der Waals surface area contributed by atoms with Crippen LogP contribution in [0.15, 0.2) is 138 Å². The first kappa shape index (κ1) is 35.1. The van der Waals surface area contributed by atoms with E-state index in [1.54, 1.807) is 18.2 Å². The Hall–Kier alpha value is -6.74. The lowest BCUT2D eigenvalue weighted by atomic mass is 10.1. The Morgan fingerprint density at radius 2 is 1.19 bits per heavy atom. The highest BCUT2D eigenvalue weighted by Gasteiger charge is 2.19. The van der Waals surface area contributed by atoms with Crippen LogP contribution in [0, 0.1) is 10.1 Å². The highest BCUT2D eigenvalue weighted by atomic mass is 32.2. The van der Waals surface area contributed by atoms with Crippen molar-refractivity contribution < 1.29 is 41.1 Å². The molecule has 262 valence electrons. The second kappa shape index (κ2) is 13.5. The van der Waals surface area contributed by atoms with Crippen LogP contribution in [-0.4, -0.2) is 41.1 Å². The molecule has 0 saturated heterocycles. The Morgan fingerprint density at radius 1 is 0.596 bits per heavy atom. The summed E-state index contributed by atoms with van der Waals surface area (Å²) in [6.45, 7) is 0. The molecule has 0 unspecified atom stereocenters. The molecular formula is C32H22N8O10S2. The van der Waals surface area contributed by atoms with E-state index in [1.807, 2.05) is 0 Å². The standard InChI is InChI=1S/C32H22N8O10S2/c33-31-25(10-8-17-9-11-26(32(42)29(17)31)39-36-23-6-1-2-7-27(23)40(43)44)38-37-24-13-12-22(21-15-20(52(48,49)50)16-28(41)30(21)24)35-34-18-4-3-5-19(14-18)51(45,46)47/h1-16,41-42H,33H2,(H,45,46,47)(H,48,49,50). The number of nitrogens with two attached hydrogens (primary N) is 1. The number of nitro groups is 1. The number of fused-ring (bicyclic) bond motifs is 2. The molecule has 6 rings (SSSR count). The molecular weight excluding hydrogens is 721 g/mol. The van der Waals surface area contributed by atoms with Crippen LogP contribution in [0.25, 0.3) is 21.5 Å². The molecule has 0 fully saturated rings. The summed E-state index contributed by atoms with van der Waals surface area (Å²) in [5, 5.41) is 58.1. The molecule has 0 heterocycles.